The number of ether oxygens (including phenoxy) is 1. The topological polar surface area (TPSA) is 26.3 Å². The molecule has 18 heavy (non-hydrogen) atoms. The van der Waals surface area contributed by atoms with Gasteiger partial charge in [-0.3, -0.25) is 4.79 Å². The summed E-state index contributed by atoms with van der Waals surface area (Å²) in [5.74, 6) is 0.727. The molecule has 0 spiro atoms. The molecule has 0 saturated carbocycles. The predicted octanol–water partition coefficient (Wildman–Crippen LogP) is 4.42. The maximum Gasteiger partial charge on any atom is 0.170 e. The number of rotatable bonds is 1. The Kier molecular flexibility index (Phi) is 2.88. The minimum Gasteiger partial charge on any atom is -0.484 e. The summed E-state index contributed by atoms with van der Waals surface area (Å²) in [5, 5.41) is 2.59. The van der Waals surface area contributed by atoms with Crippen molar-refractivity contribution < 1.29 is 9.53 Å². The van der Waals surface area contributed by atoms with Crippen molar-refractivity contribution >= 4 is 28.7 Å². The number of aryl methyl sites for hydroxylation is 1. The molecule has 2 nitrogen and oxygen atoms in total. The fraction of sp³-hybridized carbons (Fsp3) is 0.214. The van der Waals surface area contributed by atoms with Crippen LogP contribution in [-0.4, -0.2) is 5.78 Å². The molecule has 0 radical (unpaired) electrons. The lowest BCUT2D eigenvalue weighted by Crippen LogP contribution is -2.20. The van der Waals surface area contributed by atoms with Crippen LogP contribution in [0.1, 0.15) is 33.3 Å². The van der Waals surface area contributed by atoms with Gasteiger partial charge < -0.3 is 4.74 Å². The fourth-order valence-electron chi connectivity index (χ4n) is 2.16. The number of halogens is 1. The molecule has 1 aliphatic rings. The average Bonchev–Trinajstić information content (AvgIpc) is 2.76. The minimum atomic E-state index is -0.161. The van der Waals surface area contributed by atoms with E-state index in [0.29, 0.717) is 22.8 Å². The molecule has 4 heteroatoms. The lowest BCUT2D eigenvalue weighted by Gasteiger charge is -2.25. The molecule has 3 rings (SSSR count). The van der Waals surface area contributed by atoms with Crippen molar-refractivity contribution in [3.8, 4) is 5.75 Å². The van der Waals surface area contributed by atoms with Gasteiger partial charge in [-0.15, -0.1) is 11.3 Å². The first-order chi connectivity index (χ1) is 8.65. The van der Waals surface area contributed by atoms with Crippen molar-refractivity contribution in [1.82, 2.24) is 0 Å². The van der Waals surface area contributed by atoms with Crippen LogP contribution in [0.2, 0.25) is 5.02 Å². The van der Waals surface area contributed by atoms with Crippen LogP contribution in [-0.2, 0) is 0 Å². The Morgan fingerprint density at radius 2 is 2.22 bits per heavy atom. The summed E-state index contributed by atoms with van der Waals surface area (Å²) < 4.78 is 5.91. The number of fused-ring (bicyclic) bond motifs is 1. The summed E-state index contributed by atoms with van der Waals surface area (Å²) in [6.07, 6.45) is 0.223. The zero-order valence-electron chi connectivity index (χ0n) is 9.77. The molecule has 1 atom stereocenters. The molecule has 0 saturated heterocycles. The first-order valence-electron chi connectivity index (χ1n) is 5.68. The Morgan fingerprint density at radius 1 is 1.39 bits per heavy atom. The third kappa shape index (κ3) is 1.93. The number of ketones is 1. The Balaban J connectivity index is 2.00. The summed E-state index contributed by atoms with van der Waals surface area (Å²) in [6.45, 7) is 2.04. The van der Waals surface area contributed by atoms with Gasteiger partial charge in [-0.05, 0) is 42.1 Å². The number of hydrogen-bond acceptors (Lipinski definition) is 3. The van der Waals surface area contributed by atoms with Crippen LogP contribution in [0.3, 0.4) is 0 Å². The van der Waals surface area contributed by atoms with Gasteiger partial charge >= 0.3 is 0 Å². The van der Waals surface area contributed by atoms with Crippen LogP contribution >= 0.6 is 22.9 Å². The molecular weight excluding hydrogens is 268 g/mol. The van der Waals surface area contributed by atoms with Gasteiger partial charge in [0.1, 0.15) is 11.9 Å². The molecule has 1 aliphatic heterocycles. The van der Waals surface area contributed by atoms with E-state index in [-0.39, 0.29) is 11.9 Å². The fourth-order valence-corrected chi connectivity index (χ4v) is 3.28. The molecule has 92 valence electrons. The van der Waals surface area contributed by atoms with Gasteiger partial charge in [-0.25, -0.2) is 0 Å². The Morgan fingerprint density at radius 3 is 2.94 bits per heavy atom. The molecule has 1 aromatic heterocycles. The van der Waals surface area contributed by atoms with Gasteiger partial charge in [-0.2, -0.15) is 0 Å². The molecular formula is C14H11ClO2S. The predicted molar refractivity (Wildman–Crippen MR) is 72.8 cm³/mol. The normalized spacial score (nSPS) is 18.3. The minimum absolute atomic E-state index is 0.0940. The van der Waals surface area contributed by atoms with Crippen molar-refractivity contribution in [3.63, 3.8) is 0 Å². The summed E-state index contributed by atoms with van der Waals surface area (Å²) in [6, 6.07) is 7.24. The second-order valence-electron chi connectivity index (χ2n) is 4.34. The molecule has 1 aromatic carbocycles. The van der Waals surface area contributed by atoms with E-state index in [1.165, 1.54) is 5.56 Å². The quantitative estimate of drug-likeness (QED) is 0.772. The molecule has 2 heterocycles. The molecule has 0 aliphatic carbocycles. The van der Waals surface area contributed by atoms with E-state index in [1.54, 1.807) is 29.5 Å². The zero-order chi connectivity index (χ0) is 12.7. The number of carbonyl (C=O) groups excluding carboxylic acids is 1. The van der Waals surface area contributed by atoms with E-state index >= 15 is 0 Å². The summed E-state index contributed by atoms with van der Waals surface area (Å²) >= 11 is 7.53. The molecule has 0 bridgehead atoms. The van der Waals surface area contributed by atoms with Gasteiger partial charge in [0.05, 0.1) is 12.0 Å². The maximum absolute atomic E-state index is 12.1. The molecule has 0 fully saturated rings. The van der Waals surface area contributed by atoms with E-state index in [1.807, 2.05) is 18.4 Å². The van der Waals surface area contributed by atoms with Crippen molar-refractivity contribution in [1.29, 1.82) is 0 Å². The highest BCUT2D eigenvalue weighted by atomic mass is 35.5. The van der Waals surface area contributed by atoms with E-state index in [9.17, 15) is 4.79 Å². The second kappa shape index (κ2) is 4.41. The number of benzene rings is 1. The molecule has 0 amide bonds. The highest BCUT2D eigenvalue weighted by molar-refractivity contribution is 7.10. The van der Waals surface area contributed by atoms with Gasteiger partial charge in [0.25, 0.3) is 0 Å². The highest BCUT2D eigenvalue weighted by Gasteiger charge is 2.29. The van der Waals surface area contributed by atoms with Crippen molar-refractivity contribution in [2.45, 2.75) is 19.4 Å². The monoisotopic (exact) mass is 278 g/mol. The molecule has 2 aromatic rings. The zero-order valence-corrected chi connectivity index (χ0v) is 11.3. The molecule has 1 unspecified atom stereocenters. The van der Waals surface area contributed by atoms with Gasteiger partial charge in [0, 0.05) is 9.90 Å². The number of Topliss-reactive ketones (excluding diaryl/α,β-unsaturated/α-hetero) is 1. The Bertz CT molecular complexity index is 618. The highest BCUT2D eigenvalue weighted by Crippen LogP contribution is 2.38. The largest absolute Gasteiger partial charge is 0.484 e. The smallest absolute Gasteiger partial charge is 0.170 e. The lowest BCUT2D eigenvalue weighted by molar-refractivity contribution is 0.0854. The van der Waals surface area contributed by atoms with E-state index < -0.39 is 0 Å². The Hall–Kier alpha value is -1.32. The summed E-state index contributed by atoms with van der Waals surface area (Å²) in [7, 11) is 0. The van der Waals surface area contributed by atoms with Crippen LogP contribution in [0.15, 0.2) is 29.6 Å². The first kappa shape index (κ1) is 11.8. The van der Waals surface area contributed by atoms with Crippen molar-refractivity contribution in [3.05, 3.63) is 50.7 Å². The Labute approximate surface area is 114 Å². The third-order valence-corrected chi connectivity index (χ3v) is 4.42. The average molecular weight is 279 g/mol. The van der Waals surface area contributed by atoms with E-state index in [4.69, 9.17) is 16.3 Å². The SMILES string of the molecule is Cc1ccsc1C1CC(=O)c2cc(Cl)ccc2O1. The number of carbonyl (C=O) groups is 1. The van der Waals surface area contributed by atoms with Crippen LogP contribution in [0.4, 0.5) is 0 Å². The first-order valence-corrected chi connectivity index (χ1v) is 6.94. The van der Waals surface area contributed by atoms with Crippen LogP contribution in [0.25, 0.3) is 0 Å². The molecule has 0 N–H and O–H groups in total. The number of thiophene rings is 1. The standard InChI is InChI=1S/C14H11ClO2S/c1-8-4-5-18-14(8)13-7-11(16)10-6-9(15)2-3-12(10)17-13/h2-6,13H,7H2,1H3. The second-order valence-corrected chi connectivity index (χ2v) is 5.73. The van der Waals surface area contributed by atoms with Gasteiger partial charge in [0.15, 0.2) is 5.78 Å². The summed E-state index contributed by atoms with van der Waals surface area (Å²) in [4.78, 5) is 13.2. The van der Waals surface area contributed by atoms with E-state index in [2.05, 4.69) is 0 Å². The van der Waals surface area contributed by atoms with Gasteiger partial charge in [0.2, 0.25) is 0 Å². The van der Waals surface area contributed by atoms with Crippen LogP contribution in [0.5, 0.6) is 5.75 Å². The van der Waals surface area contributed by atoms with Crippen molar-refractivity contribution in [2.24, 2.45) is 0 Å². The number of hydrogen-bond donors (Lipinski definition) is 0. The third-order valence-electron chi connectivity index (χ3n) is 3.08. The van der Waals surface area contributed by atoms with Crippen molar-refractivity contribution in [2.75, 3.05) is 0 Å². The van der Waals surface area contributed by atoms with Crippen LogP contribution in [0, 0.1) is 6.92 Å². The van der Waals surface area contributed by atoms with Crippen LogP contribution < -0.4 is 4.74 Å². The van der Waals surface area contributed by atoms with Gasteiger partial charge in [-0.1, -0.05) is 11.6 Å². The maximum atomic E-state index is 12.1. The van der Waals surface area contributed by atoms with E-state index in [0.717, 1.165) is 4.88 Å². The summed E-state index contributed by atoms with van der Waals surface area (Å²) in [5.41, 5.74) is 1.77. The lowest BCUT2D eigenvalue weighted by atomic mass is 9.99.